The maximum atomic E-state index is 11.2. The van der Waals surface area contributed by atoms with Crippen LogP contribution in [0.3, 0.4) is 0 Å². The van der Waals surface area contributed by atoms with Crippen molar-refractivity contribution in [3.05, 3.63) is 23.9 Å². The number of carbonyl (C=O) groups excluding carboxylic acids is 1. The number of pyridine rings is 1. The van der Waals surface area contributed by atoms with Crippen LogP contribution in [0.15, 0.2) is 18.3 Å². The van der Waals surface area contributed by atoms with Crippen molar-refractivity contribution in [3.63, 3.8) is 0 Å². The second-order valence-electron chi connectivity index (χ2n) is 2.70. The number of fused-ring (bicyclic) bond motifs is 1. The largest absolute Gasteiger partial charge is 0.465 e. The Morgan fingerprint density at radius 3 is 3.00 bits per heavy atom. The number of nitrogens with zero attached hydrogens (tertiary/aromatic N) is 3. The molecule has 2 N–H and O–H groups in total. The Balaban J connectivity index is 2.60. The first-order chi connectivity index (χ1) is 6.72. The quantitative estimate of drug-likeness (QED) is 0.648. The molecule has 0 spiro atoms. The number of aromatic nitrogens is 3. The van der Waals surface area contributed by atoms with Crippen LogP contribution in [0, 0.1) is 0 Å². The molecule has 0 radical (unpaired) electrons. The normalized spacial score (nSPS) is 10.4. The van der Waals surface area contributed by atoms with Crippen LogP contribution in [0.5, 0.6) is 0 Å². The molecule has 6 nitrogen and oxygen atoms in total. The van der Waals surface area contributed by atoms with Crippen molar-refractivity contribution < 1.29 is 9.53 Å². The van der Waals surface area contributed by atoms with Gasteiger partial charge in [0, 0.05) is 6.20 Å². The van der Waals surface area contributed by atoms with E-state index in [1.807, 2.05) is 0 Å². The van der Waals surface area contributed by atoms with E-state index in [9.17, 15) is 4.79 Å². The Kier molecular flexibility index (Phi) is 1.81. The van der Waals surface area contributed by atoms with Gasteiger partial charge in [-0.05, 0) is 12.1 Å². The molecule has 0 saturated carbocycles. The van der Waals surface area contributed by atoms with Gasteiger partial charge in [-0.15, -0.1) is 10.2 Å². The Labute approximate surface area is 79.3 Å². The average molecular weight is 192 g/mol. The summed E-state index contributed by atoms with van der Waals surface area (Å²) in [5.41, 5.74) is 6.53. The van der Waals surface area contributed by atoms with Crippen LogP contribution in [0.2, 0.25) is 0 Å². The predicted octanol–water partition coefficient (Wildman–Crippen LogP) is 0.0981. The van der Waals surface area contributed by atoms with E-state index < -0.39 is 5.97 Å². The molecule has 0 aromatic carbocycles. The molecule has 0 unspecified atom stereocenters. The number of carbonyl (C=O) groups is 1. The minimum Gasteiger partial charge on any atom is -0.465 e. The number of anilines is 1. The third-order valence-corrected chi connectivity index (χ3v) is 1.85. The highest BCUT2D eigenvalue weighted by Gasteiger charge is 2.08. The maximum Gasteiger partial charge on any atom is 0.339 e. The number of nitrogens with two attached hydrogens (primary N) is 1. The topological polar surface area (TPSA) is 82.5 Å². The molecule has 0 amide bonds. The lowest BCUT2D eigenvalue weighted by atomic mass is 10.3. The van der Waals surface area contributed by atoms with Crippen molar-refractivity contribution >= 4 is 17.6 Å². The molecule has 6 heteroatoms. The van der Waals surface area contributed by atoms with Gasteiger partial charge >= 0.3 is 5.97 Å². The second-order valence-corrected chi connectivity index (χ2v) is 2.70. The number of hydrogen-bond donors (Lipinski definition) is 1. The summed E-state index contributed by atoms with van der Waals surface area (Å²) in [6, 6.07) is 3.25. The summed E-state index contributed by atoms with van der Waals surface area (Å²) in [5.74, 6) is -0.175. The summed E-state index contributed by atoms with van der Waals surface area (Å²) in [7, 11) is 1.32. The lowest BCUT2D eigenvalue weighted by Crippen LogP contribution is -2.03. The predicted molar refractivity (Wildman–Crippen MR) is 48.7 cm³/mol. The fourth-order valence-electron chi connectivity index (χ4n) is 1.15. The van der Waals surface area contributed by atoms with E-state index in [0.29, 0.717) is 11.2 Å². The third kappa shape index (κ3) is 1.17. The first-order valence-electron chi connectivity index (χ1n) is 3.91. The van der Waals surface area contributed by atoms with Gasteiger partial charge in [0.2, 0.25) is 5.95 Å². The molecule has 0 aliphatic carbocycles. The summed E-state index contributed by atoms with van der Waals surface area (Å²) in [6.07, 6.45) is 1.54. The van der Waals surface area contributed by atoms with Crippen LogP contribution in [0.1, 0.15) is 10.4 Å². The molecule has 0 fully saturated rings. The summed E-state index contributed by atoms with van der Waals surface area (Å²) in [4.78, 5) is 11.2. The van der Waals surface area contributed by atoms with Gasteiger partial charge in [-0.3, -0.25) is 4.40 Å². The van der Waals surface area contributed by atoms with Crippen LogP contribution in [0.4, 0.5) is 5.95 Å². The van der Waals surface area contributed by atoms with Gasteiger partial charge in [0.1, 0.15) is 0 Å². The standard InChI is InChI=1S/C8H8N4O2/c1-14-7(13)5-2-3-6-10-11-8(9)12(6)4-5/h2-4H,1H3,(H2,9,11). The van der Waals surface area contributed by atoms with Gasteiger partial charge in [-0.1, -0.05) is 0 Å². The minimum atomic E-state index is -0.417. The molecule has 0 aliphatic rings. The van der Waals surface area contributed by atoms with Gasteiger partial charge < -0.3 is 10.5 Å². The first kappa shape index (κ1) is 8.49. The molecule has 2 heterocycles. The smallest absolute Gasteiger partial charge is 0.339 e. The van der Waals surface area contributed by atoms with Crippen molar-refractivity contribution in [2.24, 2.45) is 0 Å². The van der Waals surface area contributed by atoms with E-state index >= 15 is 0 Å². The van der Waals surface area contributed by atoms with E-state index in [2.05, 4.69) is 14.9 Å². The van der Waals surface area contributed by atoms with Gasteiger partial charge in [0.25, 0.3) is 0 Å². The second kappa shape index (κ2) is 2.99. The Morgan fingerprint density at radius 1 is 1.50 bits per heavy atom. The number of rotatable bonds is 1. The molecule has 0 bridgehead atoms. The Hall–Kier alpha value is -2.11. The lowest BCUT2D eigenvalue weighted by Gasteiger charge is -1.99. The summed E-state index contributed by atoms with van der Waals surface area (Å²) < 4.78 is 6.09. The van der Waals surface area contributed by atoms with Gasteiger partial charge in [0.05, 0.1) is 12.7 Å². The number of methoxy groups -OCH3 is 1. The van der Waals surface area contributed by atoms with Crippen LogP contribution < -0.4 is 5.73 Å². The Morgan fingerprint density at radius 2 is 2.29 bits per heavy atom. The summed E-state index contributed by atoms with van der Waals surface area (Å²) in [6.45, 7) is 0. The van der Waals surface area contributed by atoms with Gasteiger partial charge in [0.15, 0.2) is 5.65 Å². The summed E-state index contributed by atoms with van der Waals surface area (Å²) >= 11 is 0. The maximum absolute atomic E-state index is 11.2. The van der Waals surface area contributed by atoms with Crippen LogP contribution in [-0.4, -0.2) is 27.7 Å². The molecule has 72 valence electrons. The molecular weight excluding hydrogens is 184 g/mol. The molecular formula is C8H8N4O2. The fourth-order valence-corrected chi connectivity index (χ4v) is 1.15. The van der Waals surface area contributed by atoms with Crippen LogP contribution in [-0.2, 0) is 4.74 Å². The molecule has 2 rings (SSSR count). The van der Waals surface area contributed by atoms with Crippen molar-refractivity contribution in [2.45, 2.75) is 0 Å². The van der Waals surface area contributed by atoms with Gasteiger partial charge in [-0.25, -0.2) is 4.79 Å². The van der Waals surface area contributed by atoms with E-state index in [1.54, 1.807) is 12.1 Å². The van der Waals surface area contributed by atoms with Gasteiger partial charge in [-0.2, -0.15) is 0 Å². The average Bonchev–Trinajstić information content (AvgIpc) is 2.59. The zero-order valence-corrected chi connectivity index (χ0v) is 7.47. The van der Waals surface area contributed by atoms with E-state index in [4.69, 9.17) is 5.73 Å². The van der Waals surface area contributed by atoms with E-state index in [-0.39, 0.29) is 5.95 Å². The highest BCUT2D eigenvalue weighted by Crippen LogP contribution is 2.08. The fraction of sp³-hybridized carbons (Fsp3) is 0.125. The monoisotopic (exact) mass is 192 g/mol. The number of esters is 1. The lowest BCUT2D eigenvalue weighted by molar-refractivity contribution is 0.0600. The molecule has 14 heavy (non-hydrogen) atoms. The van der Waals surface area contributed by atoms with Crippen LogP contribution in [0.25, 0.3) is 5.65 Å². The molecule has 2 aromatic heterocycles. The zero-order chi connectivity index (χ0) is 10.1. The van der Waals surface area contributed by atoms with Crippen LogP contribution >= 0.6 is 0 Å². The molecule has 0 atom stereocenters. The highest BCUT2D eigenvalue weighted by molar-refractivity contribution is 5.89. The Bertz CT molecular complexity index is 491. The first-order valence-corrected chi connectivity index (χ1v) is 3.91. The molecule has 2 aromatic rings. The number of hydrogen-bond acceptors (Lipinski definition) is 5. The summed E-state index contributed by atoms with van der Waals surface area (Å²) in [5, 5.41) is 7.44. The number of nitrogen functional groups attached to an aromatic ring is 1. The van der Waals surface area contributed by atoms with Crippen molar-refractivity contribution in [3.8, 4) is 0 Å². The SMILES string of the molecule is COC(=O)c1ccc2nnc(N)n2c1. The van der Waals surface area contributed by atoms with Crippen molar-refractivity contribution in [1.82, 2.24) is 14.6 Å². The molecule has 0 aliphatic heterocycles. The molecule has 0 saturated heterocycles. The number of ether oxygens (including phenoxy) is 1. The third-order valence-electron chi connectivity index (χ3n) is 1.85. The van der Waals surface area contributed by atoms with E-state index in [0.717, 1.165) is 0 Å². The van der Waals surface area contributed by atoms with Crippen molar-refractivity contribution in [1.29, 1.82) is 0 Å². The zero-order valence-electron chi connectivity index (χ0n) is 7.47. The van der Waals surface area contributed by atoms with E-state index in [1.165, 1.54) is 17.7 Å². The minimum absolute atomic E-state index is 0.241. The highest BCUT2D eigenvalue weighted by atomic mass is 16.5. The van der Waals surface area contributed by atoms with Crippen molar-refractivity contribution in [2.75, 3.05) is 12.8 Å².